The van der Waals surface area contributed by atoms with Gasteiger partial charge in [-0.15, -0.1) is 0 Å². The van der Waals surface area contributed by atoms with Crippen LogP contribution in [-0.2, 0) is 19.6 Å². The number of urea groups is 1. The monoisotopic (exact) mass is 661 g/mol. The minimum absolute atomic E-state index is 0.000920. The van der Waals surface area contributed by atoms with E-state index in [1.54, 1.807) is 14.9 Å². The summed E-state index contributed by atoms with van der Waals surface area (Å²) >= 11 is 6.36. The van der Waals surface area contributed by atoms with Gasteiger partial charge in [0.2, 0.25) is 0 Å². The first kappa shape index (κ1) is 32.1. The van der Waals surface area contributed by atoms with Crippen LogP contribution in [0.25, 0.3) is 11.3 Å². The van der Waals surface area contributed by atoms with Crippen molar-refractivity contribution in [2.24, 2.45) is 7.05 Å². The van der Waals surface area contributed by atoms with Gasteiger partial charge in [-0.3, -0.25) is 14.7 Å². The van der Waals surface area contributed by atoms with E-state index in [1.165, 1.54) is 25.2 Å². The van der Waals surface area contributed by atoms with Gasteiger partial charge in [0.15, 0.2) is 11.5 Å². The maximum absolute atomic E-state index is 13.6. The van der Waals surface area contributed by atoms with Gasteiger partial charge in [0.25, 0.3) is 11.8 Å². The zero-order valence-corrected chi connectivity index (χ0v) is 24.2. The summed E-state index contributed by atoms with van der Waals surface area (Å²) in [7, 11) is 1.17. The van der Waals surface area contributed by atoms with Gasteiger partial charge in [-0.2, -0.15) is 31.4 Å². The predicted octanol–water partition coefficient (Wildman–Crippen LogP) is 3.28. The van der Waals surface area contributed by atoms with Crippen LogP contribution in [0.3, 0.4) is 0 Å². The fourth-order valence-corrected chi connectivity index (χ4v) is 5.19. The largest absolute Gasteiger partial charge is 0.435 e. The predicted molar refractivity (Wildman–Crippen MR) is 148 cm³/mol. The number of hydrogen-bond donors (Lipinski definition) is 4. The van der Waals surface area contributed by atoms with Crippen LogP contribution >= 0.6 is 11.6 Å². The number of halogens is 7. The second-order valence-electron chi connectivity index (χ2n) is 10.5. The van der Waals surface area contributed by atoms with E-state index in [9.17, 15) is 40.7 Å². The number of hydrogen-bond acceptors (Lipinski definition) is 6. The zero-order valence-electron chi connectivity index (χ0n) is 23.4. The number of aromatic nitrogens is 4. The maximum atomic E-state index is 13.6. The van der Waals surface area contributed by atoms with E-state index in [0.29, 0.717) is 26.2 Å². The van der Waals surface area contributed by atoms with Gasteiger partial charge in [-0.05, 0) is 18.2 Å². The fourth-order valence-electron chi connectivity index (χ4n) is 4.93. The van der Waals surface area contributed by atoms with Crippen LogP contribution < -0.4 is 16.0 Å². The lowest BCUT2D eigenvalue weighted by Gasteiger charge is -2.37. The highest BCUT2D eigenvalue weighted by Crippen LogP contribution is 2.39. The highest BCUT2D eigenvalue weighted by atomic mass is 35.5. The van der Waals surface area contributed by atoms with Crippen LogP contribution in [0.1, 0.15) is 32.4 Å². The molecule has 242 valence electrons. The van der Waals surface area contributed by atoms with Gasteiger partial charge in [0.05, 0.1) is 46.2 Å². The average molecular weight is 662 g/mol. The van der Waals surface area contributed by atoms with Crippen LogP contribution in [-0.4, -0.2) is 98.9 Å². The first-order valence-electron chi connectivity index (χ1n) is 13.5. The van der Waals surface area contributed by atoms with Gasteiger partial charge in [-0.1, -0.05) is 11.6 Å². The van der Waals surface area contributed by atoms with Crippen molar-refractivity contribution in [3.63, 3.8) is 0 Å². The highest BCUT2D eigenvalue weighted by Gasteiger charge is 2.42. The molecule has 4 amide bonds. The lowest BCUT2D eigenvalue weighted by atomic mass is 10.1. The maximum Gasteiger partial charge on any atom is 0.435 e. The molecule has 2 aromatic heterocycles. The molecule has 4 N–H and O–H groups in total. The first-order chi connectivity index (χ1) is 21.1. The Kier molecular flexibility index (Phi) is 8.72. The number of benzene rings is 1. The fraction of sp³-hybridized carbons (Fsp3) is 0.423. The van der Waals surface area contributed by atoms with Gasteiger partial charge in [0.1, 0.15) is 0 Å². The normalized spacial score (nSPS) is 16.0. The molecular formula is C26H26ClF6N9O3. The number of nitrogens with one attached hydrogen (secondary N) is 4. The lowest BCUT2D eigenvalue weighted by molar-refractivity contribution is -0.140. The minimum Gasteiger partial charge on any atom is -0.335 e. The Labute approximate surface area is 256 Å². The van der Waals surface area contributed by atoms with Crippen LogP contribution in [0.4, 0.5) is 36.8 Å². The number of alkyl halides is 6. The summed E-state index contributed by atoms with van der Waals surface area (Å²) in [6, 6.07) is 3.96. The van der Waals surface area contributed by atoms with Crippen molar-refractivity contribution in [1.82, 2.24) is 40.2 Å². The van der Waals surface area contributed by atoms with E-state index < -0.39 is 53.2 Å². The molecule has 2 aliphatic heterocycles. The molecule has 0 spiro atoms. The van der Waals surface area contributed by atoms with Crippen LogP contribution in [0, 0.1) is 0 Å². The summed E-state index contributed by atoms with van der Waals surface area (Å²) < 4.78 is 80.9. The van der Waals surface area contributed by atoms with Crippen molar-refractivity contribution < 1.29 is 40.7 Å². The Hall–Kier alpha value is -4.32. The Bertz CT molecular complexity index is 1610. The molecule has 2 aliphatic rings. The molecule has 0 saturated carbocycles. The minimum atomic E-state index is -5.09. The van der Waals surface area contributed by atoms with Gasteiger partial charge in [0, 0.05) is 52.0 Å². The molecule has 2 saturated heterocycles. The van der Waals surface area contributed by atoms with Gasteiger partial charge in [-0.25, -0.2) is 9.78 Å². The molecule has 12 nitrogen and oxygen atoms in total. The van der Waals surface area contributed by atoms with Crippen molar-refractivity contribution >= 4 is 35.1 Å². The third-order valence-electron chi connectivity index (χ3n) is 7.35. The van der Waals surface area contributed by atoms with E-state index in [-0.39, 0.29) is 47.3 Å². The van der Waals surface area contributed by atoms with Crippen molar-refractivity contribution in [1.29, 1.82) is 0 Å². The molecule has 2 fully saturated rings. The summed E-state index contributed by atoms with van der Waals surface area (Å²) in [4.78, 5) is 45.5. The molecule has 45 heavy (non-hydrogen) atoms. The number of aromatic amines is 1. The Morgan fingerprint density at radius 2 is 1.71 bits per heavy atom. The molecule has 19 heteroatoms. The molecule has 1 aromatic carbocycles. The van der Waals surface area contributed by atoms with E-state index in [0.717, 1.165) is 10.8 Å². The topological polar surface area (TPSA) is 140 Å². The van der Waals surface area contributed by atoms with Crippen LogP contribution in [0.5, 0.6) is 0 Å². The van der Waals surface area contributed by atoms with Crippen molar-refractivity contribution in [3.8, 4) is 11.3 Å². The average Bonchev–Trinajstić information content (AvgIpc) is 3.52. The second kappa shape index (κ2) is 12.2. The summed E-state index contributed by atoms with van der Waals surface area (Å²) in [6.45, 7) is 2.64. The smallest absolute Gasteiger partial charge is 0.335 e. The standard InChI is InChI=1S/C26H26ClF6N9O3/c1-40-18(19-17(9-25(28,29)30)38-39-20(19)26(31,32)33)12-35-21(40)22(43)36-13-2-3-15(16(27)8-13)23(44)41-4-6-42(7-5-41)24(45)37-14-10-34-11-14/h2-3,8,12,14,34H,4-7,9-11H2,1H3,(H,36,43)(H,37,45)(H,38,39). The first-order valence-corrected chi connectivity index (χ1v) is 13.9. The van der Waals surface area contributed by atoms with Crippen molar-refractivity contribution in [2.45, 2.75) is 24.8 Å². The number of carbonyl (C=O) groups excluding carboxylic acids is 3. The van der Waals surface area contributed by atoms with E-state index in [4.69, 9.17) is 11.6 Å². The van der Waals surface area contributed by atoms with Gasteiger partial charge < -0.3 is 30.3 Å². The zero-order chi connectivity index (χ0) is 32.7. The summed E-state index contributed by atoms with van der Waals surface area (Å²) in [5, 5.41) is 13.3. The number of rotatable bonds is 6. The molecule has 4 heterocycles. The van der Waals surface area contributed by atoms with Crippen LogP contribution in [0.2, 0.25) is 5.02 Å². The molecule has 0 radical (unpaired) electrons. The number of imidazole rings is 1. The second-order valence-corrected chi connectivity index (χ2v) is 10.9. The highest BCUT2D eigenvalue weighted by molar-refractivity contribution is 6.34. The third kappa shape index (κ3) is 7.00. The number of anilines is 1. The summed E-state index contributed by atoms with van der Waals surface area (Å²) in [5.74, 6) is -1.70. The molecule has 3 aromatic rings. The molecule has 0 bridgehead atoms. The SMILES string of the molecule is Cn1c(-c2c(C(F)(F)F)n[nH]c2CC(F)(F)F)cnc1C(=O)Nc1ccc(C(=O)N2CCN(C(=O)NC3CNC3)CC2)c(Cl)c1. The van der Waals surface area contributed by atoms with Crippen LogP contribution in [0.15, 0.2) is 24.4 Å². The molecule has 5 rings (SSSR count). The Morgan fingerprint density at radius 1 is 1.04 bits per heavy atom. The molecule has 0 atom stereocenters. The number of nitrogens with zero attached hydrogens (tertiary/aromatic N) is 5. The molecular weight excluding hydrogens is 636 g/mol. The molecule has 0 aliphatic carbocycles. The number of H-pyrrole nitrogens is 1. The number of carbonyl (C=O) groups is 3. The Morgan fingerprint density at radius 3 is 2.29 bits per heavy atom. The molecule has 0 unspecified atom stereocenters. The number of piperazine rings is 1. The van der Waals surface area contributed by atoms with E-state index in [1.807, 2.05) is 0 Å². The quantitative estimate of drug-likeness (QED) is 0.299. The summed E-state index contributed by atoms with van der Waals surface area (Å²) in [6.07, 6.45) is -10.8. The summed E-state index contributed by atoms with van der Waals surface area (Å²) in [5.41, 5.74) is -3.46. The van der Waals surface area contributed by atoms with E-state index in [2.05, 4.69) is 26.0 Å². The van der Waals surface area contributed by atoms with Crippen molar-refractivity contribution in [2.75, 3.05) is 44.6 Å². The van der Waals surface area contributed by atoms with E-state index >= 15 is 0 Å². The third-order valence-corrected chi connectivity index (χ3v) is 7.67. The number of amides is 4. The lowest BCUT2D eigenvalue weighted by Crippen LogP contribution is -2.61. The van der Waals surface area contributed by atoms with Crippen molar-refractivity contribution in [3.05, 3.63) is 52.2 Å². The van der Waals surface area contributed by atoms with Gasteiger partial charge >= 0.3 is 18.4 Å². The Balaban J connectivity index is 1.26.